The van der Waals surface area contributed by atoms with Gasteiger partial charge in [0.2, 0.25) is 0 Å². The number of halogens is 1. The summed E-state index contributed by atoms with van der Waals surface area (Å²) in [5.74, 6) is -1.00. The maximum atomic E-state index is 11.9. The summed E-state index contributed by atoms with van der Waals surface area (Å²) < 4.78 is 0.974. The van der Waals surface area contributed by atoms with E-state index in [0.717, 1.165) is 10.0 Å². The Bertz CT molecular complexity index is 462. The van der Waals surface area contributed by atoms with Gasteiger partial charge in [-0.3, -0.25) is 0 Å². The molecule has 1 rings (SSSR count). The molecule has 6 heteroatoms. The average Bonchev–Trinajstić information content (AvgIpc) is 2.40. The van der Waals surface area contributed by atoms with Crippen LogP contribution in [0.25, 0.3) is 0 Å². The minimum Gasteiger partial charge on any atom is -0.480 e. The molecule has 0 saturated carbocycles. The van der Waals surface area contributed by atoms with Crippen molar-refractivity contribution < 1.29 is 14.7 Å². The van der Waals surface area contributed by atoms with Gasteiger partial charge in [-0.2, -0.15) is 0 Å². The molecule has 5 nitrogen and oxygen atoms in total. The van der Waals surface area contributed by atoms with Crippen LogP contribution in [0.5, 0.6) is 0 Å². The first-order chi connectivity index (χ1) is 9.43. The summed E-state index contributed by atoms with van der Waals surface area (Å²) in [6.45, 7) is 2.31. The molecule has 0 aliphatic heterocycles. The largest absolute Gasteiger partial charge is 0.480 e. The molecule has 0 unspecified atom stereocenters. The van der Waals surface area contributed by atoms with Gasteiger partial charge in [0, 0.05) is 18.1 Å². The fourth-order valence-corrected chi connectivity index (χ4v) is 2.01. The molecule has 0 spiro atoms. The molecular formula is C14H19BrN2O3. The maximum absolute atomic E-state index is 11.9. The molecule has 0 heterocycles. The maximum Gasteiger partial charge on any atom is 0.326 e. The Morgan fingerprint density at radius 1 is 1.35 bits per heavy atom. The highest BCUT2D eigenvalue weighted by Crippen LogP contribution is 2.12. The summed E-state index contributed by atoms with van der Waals surface area (Å²) in [5.41, 5.74) is 0.980. The normalized spacial score (nSPS) is 11.8. The second-order valence-electron chi connectivity index (χ2n) is 4.61. The summed E-state index contributed by atoms with van der Waals surface area (Å²) in [4.78, 5) is 24.4. The highest BCUT2D eigenvalue weighted by atomic mass is 79.9. The Morgan fingerprint density at radius 2 is 1.95 bits per heavy atom. The van der Waals surface area contributed by atoms with E-state index in [2.05, 4.69) is 21.2 Å². The molecule has 0 saturated heterocycles. The predicted octanol–water partition coefficient (Wildman–Crippen LogP) is 2.84. The van der Waals surface area contributed by atoms with Crippen LogP contribution in [-0.2, 0) is 11.3 Å². The molecule has 20 heavy (non-hydrogen) atoms. The lowest BCUT2D eigenvalue weighted by molar-refractivity contribution is -0.139. The van der Waals surface area contributed by atoms with Gasteiger partial charge in [0.05, 0.1) is 0 Å². The van der Waals surface area contributed by atoms with Crippen molar-refractivity contribution in [2.75, 3.05) is 7.05 Å². The zero-order valence-corrected chi connectivity index (χ0v) is 13.2. The molecule has 1 atom stereocenters. The zero-order chi connectivity index (χ0) is 15.1. The Balaban J connectivity index is 2.57. The fourth-order valence-electron chi connectivity index (χ4n) is 1.74. The topological polar surface area (TPSA) is 69.6 Å². The third-order valence-electron chi connectivity index (χ3n) is 2.85. The van der Waals surface area contributed by atoms with E-state index >= 15 is 0 Å². The van der Waals surface area contributed by atoms with E-state index in [4.69, 9.17) is 5.11 Å². The van der Waals surface area contributed by atoms with Crippen molar-refractivity contribution in [3.63, 3.8) is 0 Å². The molecule has 2 amide bonds. The molecule has 1 aromatic carbocycles. The third-order valence-corrected chi connectivity index (χ3v) is 3.38. The molecule has 1 aromatic rings. The highest BCUT2D eigenvalue weighted by molar-refractivity contribution is 9.10. The number of amides is 2. The first-order valence-electron chi connectivity index (χ1n) is 6.43. The summed E-state index contributed by atoms with van der Waals surface area (Å²) in [5, 5.41) is 11.5. The van der Waals surface area contributed by atoms with Gasteiger partial charge in [0.1, 0.15) is 6.04 Å². The van der Waals surface area contributed by atoms with Gasteiger partial charge in [-0.1, -0.05) is 41.4 Å². The van der Waals surface area contributed by atoms with E-state index in [1.165, 1.54) is 4.90 Å². The molecule has 0 bridgehead atoms. The van der Waals surface area contributed by atoms with Gasteiger partial charge in [-0.05, 0) is 24.1 Å². The Labute approximate surface area is 127 Å². The Kier molecular flexibility index (Phi) is 6.51. The van der Waals surface area contributed by atoms with Crippen molar-refractivity contribution in [1.82, 2.24) is 10.2 Å². The minimum absolute atomic E-state index is 0.381. The van der Waals surface area contributed by atoms with Crippen LogP contribution in [0.4, 0.5) is 4.79 Å². The van der Waals surface area contributed by atoms with E-state index in [1.54, 1.807) is 7.05 Å². The van der Waals surface area contributed by atoms with Gasteiger partial charge in [0.15, 0.2) is 0 Å². The van der Waals surface area contributed by atoms with Crippen LogP contribution < -0.4 is 5.32 Å². The number of carboxylic acid groups (broad SMARTS) is 1. The Hall–Kier alpha value is -1.56. The number of benzene rings is 1. The SMILES string of the molecule is CCC[C@H](NC(=O)N(C)Cc1ccc(Br)cc1)C(=O)O. The number of aliphatic carboxylic acids is 1. The van der Waals surface area contributed by atoms with Gasteiger partial charge < -0.3 is 15.3 Å². The van der Waals surface area contributed by atoms with E-state index in [0.29, 0.717) is 19.4 Å². The highest BCUT2D eigenvalue weighted by Gasteiger charge is 2.20. The number of carbonyl (C=O) groups excluding carboxylic acids is 1. The zero-order valence-electron chi connectivity index (χ0n) is 11.6. The van der Waals surface area contributed by atoms with Gasteiger partial charge >= 0.3 is 12.0 Å². The second kappa shape index (κ2) is 7.89. The summed E-state index contributed by atoms with van der Waals surface area (Å²) in [6, 6.07) is 6.41. The molecule has 0 aliphatic carbocycles. The van der Waals surface area contributed by atoms with Crippen molar-refractivity contribution in [1.29, 1.82) is 0 Å². The molecule has 110 valence electrons. The molecule has 0 aliphatic rings. The van der Waals surface area contributed by atoms with Crippen molar-refractivity contribution >= 4 is 27.9 Å². The van der Waals surface area contributed by atoms with Crippen LogP contribution in [0.1, 0.15) is 25.3 Å². The number of carbonyl (C=O) groups is 2. The van der Waals surface area contributed by atoms with Gasteiger partial charge in [-0.15, -0.1) is 0 Å². The summed E-state index contributed by atoms with van der Waals surface area (Å²) >= 11 is 3.35. The fraction of sp³-hybridized carbons (Fsp3) is 0.429. The molecule has 0 aromatic heterocycles. The third kappa shape index (κ3) is 5.21. The molecule has 0 radical (unpaired) electrons. The number of hydrogen-bond acceptors (Lipinski definition) is 2. The van der Waals surface area contributed by atoms with E-state index < -0.39 is 12.0 Å². The monoisotopic (exact) mass is 342 g/mol. The minimum atomic E-state index is -1.00. The van der Waals surface area contributed by atoms with Crippen LogP contribution in [0.15, 0.2) is 28.7 Å². The number of carboxylic acids is 1. The first-order valence-corrected chi connectivity index (χ1v) is 7.22. The van der Waals surface area contributed by atoms with Gasteiger partial charge in [0.25, 0.3) is 0 Å². The smallest absolute Gasteiger partial charge is 0.326 e. The predicted molar refractivity (Wildman–Crippen MR) is 80.5 cm³/mol. The van der Waals surface area contributed by atoms with Crippen molar-refractivity contribution in [3.05, 3.63) is 34.3 Å². The quantitative estimate of drug-likeness (QED) is 0.835. The van der Waals surface area contributed by atoms with Crippen LogP contribution in [-0.4, -0.2) is 35.1 Å². The number of urea groups is 1. The van der Waals surface area contributed by atoms with Crippen molar-refractivity contribution in [3.8, 4) is 0 Å². The second-order valence-corrected chi connectivity index (χ2v) is 5.53. The van der Waals surface area contributed by atoms with Crippen LogP contribution in [0, 0.1) is 0 Å². The van der Waals surface area contributed by atoms with Gasteiger partial charge in [-0.25, -0.2) is 9.59 Å². The average molecular weight is 343 g/mol. The van der Waals surface area contributed by atoms with Crippen LogP contribution in [0.3, 0.4) is 0 Å². The molecule has 0 fully saturated rings. The van der Waals surface area contributed by atoms with Crippen molar-refractivity contribution in [2.24, 2.45) is 0 Å². The lowest BCUT2D eigenvalue weighted by Gasteiger charge is -2.21. The molecule has 2 N–H and O–H groups in total. The number of hydrogen-bond donors (Lipinski definition) is 2. The van der Waals surface area contributed by atoms with E-state index in [9.17, 15) is 9.59 Å². The lowest BCUT2D eigenvalue weighted by atomic mass is 10.2. The standard InChI is InChI=1S/C14H19BrN2O3/c1-3-4-12(13(18)19)16-14(20)17(2)9-10-5-7-11(15)8-6-10/h5-8,12H,3-4,9H2,1-2H3,(H,16,20)(H,18,19)/t12-/m0/s1. The molecular weight excluding hydrogens is 324 g/mol. The van der Waals surface area contributed by atoms with Crippen LogP contribution >= 0.6 is 15.9 Å². The first kappa shape index (κ1) is 16.5. The summed E-state index contributed by atoms with van der Waals surface area (Å²) in [6.07, 6.45) is 1.13. The van der Waals surface area contributed by atoms with E-state index in [-0.39, 0.29) is 6.03 Å². The van der Waals surface area contributed by atoms with E-state index in [1.807, 2.05) is 31.2 Å². The number of nitrogens with zero attached hydrogens (tertiary/aromatic N) is 1. The number of nitrogens with one attached hydrogen (secondary N) is 1. The summed E-state index contributed by atoms with van der Waals surface area (Å²) in [7, 11) is 1.64. The van der Waals surface area contributed by atoms with Crippen molar-refractivity contribution in [2.45, 2.75) is 32.4 Å². The van der Waals surface area contributed by atoms with Crippen LogP contribution in [0.2, 0.25) is 0 Å². The lowest BCUT2D eigenvalue weighted by Crippen LogP contribution is -2.46. The Morgan fingerprint density at radius 3 is 2.45 bits per heavy atom. The number of rotatable bonds is 6.